The van der Waals surface area contributed by atoms with Gasteiger partial charge in [-0.25, -0.2) is 18.2 Å². The van der Waals surface area contributed by atoms with Crippen molar-refractivity contribution < 1.29 is 51.6 Å². The highest BCUT2D eigenvalue weighted by Crippen LogP contribution is 2.44. The lowest BCUT2D eigenvalue weighted by Crippen LogP contribution is -2.36. The number of carbonyl (C=O) groups is 1. The molecular formula is C22H32ClN4O11PS. The first-order valence-corrected chi connectivity index (χ1v) is 16.5. The zero-order valence-electron chi connectivity index (χ0n) is 21.8. The smallest absolute Gasteiger partial charge is 0.432 e. The number of hydrogen-bond donors (Lipinski definition) is 4. The average Bonchev–Trinajstić information content (AvgIpc) is 3.54. The first kappa shape index (κ1) is 30.9. The number of aliphatic hydroxyl groups excluding tert-OH is 2. The maximum absolute atomic E-state index is 12.7. The second-order valence-corrected chi connectivity index (χ2v) is 14.7. The minimum Gasteiger partial charge on any atom is -0.432 e. The molecule has 18 heteroatoms. The number of ether oxygens (including phenoxy) is 3. The standard InChI is InChI=1S/C22H32ClN4O11PS/c1-12(2)37-22(30)35-10-36-39(31,32)11-40(33,34)9-15-16(28)17(29)20(38-15)27-8-7-14-18(24-13-5-3-4-6-13)25-21(23)26-19(14)27/h7-8,12-13,15-17,20,28-29H,3-6,9-11H2,1-2H3,(H,31,32)(H,24,25,26)/t15-,16-,17-,20-/m1/s1. The van der Waals surface area contributed by atoms with Crippen molar-refractivity contribution in [2.24, 2.45) is 0 Å². The highest BCUT2D eigenvalue weighted by Gasteiger charge is 2.46. The zero-order chi connectivity index (χ0) is 29.2. The van der Waals surface area contributed by atoms with Crippen molar-refractivity contribution in [3.05, 3.63) is 17.5 Å². The van der Waals surface area contributed by atoms with Crippen LogP contribution in [-0.4, -0.2) is 92.7 Å². The third kappa shape index (κ3) is 7.62. The molecule has 2 aliphatic rings. The number of aromatic nitrogens is 3. The molecule has 2 aromatic rings. The van der Waals surface area contributed by atoms with Crippen LogP contribution in [0.25, 0.3) is 11.0 Å². The van der Waals surface area contributed by atoms with Gasteiger partial charge in [0.25, 0.3) is 0 Å². The molecule has 2 fully saturated rings. The van der Waals surface area contributed by atoms with Crippen LogP contribution in [0.3, 0.4) is 0 Å². The molecule has 0 radical (unpaired) electrons. The molecule has 1 unspecified atom stereocenters. The number of nitrogens with one attached hydrogen (secondary N) is 1. The molecule has 224 valence electrons. The van der Waals surface area contributed by atoms with Crippen molar-refractivity contribution in [3.8, 4) is 0 Å². The van der Waals surface area contributed by atoms with Crippen LogP contribution >= 0.6 is 19.2 Å². The van der Waals surface area contributed by atoms with E-state index in [9.17, 15) is 32.9 Å². The van der Waals surface area contributed by atoms with Gasteiger partial charge in [0.2, 0.25) is 12.1 Å². The van der Waals surface area contributed by atoms with Gasteiger partial charge in [-0.15, -0.1) is 0 Å². The van der Waals surface area contributed by atoms with Gasteiger partial charge in [-0.1, -0.05) is 12.8 Å². The summed E-state index contributed by atoms with van der Waals surface area (Å²) in [6, 6.07) is 1.92. The van der Waals surface area contributed by atoms with Crippen molar-refractivity contribution >= 4 is 52.0 Å². The number of halogens is 1. The molecule has 4 N–H and O–H groups in total. The summed E-state index contributed by atoms with van der Waals surface area (Å²) < 4.78 is 58.5. The summed E-state index contributed by atoms with van der Waals surface area (Å²) in [6.45, 7) is 2.10. The Morgan fingerprint density at radius 1 is 1.27 bits per heavy atom. The molecule has 1 saturated carbocycles. The average molecular weight is 627 g/mol. The maximum Gasteiger partial charge on any atom is 0.510 e. The van der Waals surface area contributed by atoms with Crippen molar-refractivity contribution in [1.82, 2.24) is 14.5 Å². The molecule has 5 atom stereocenters. The highest BCUT2D eigenvalue weighted by molar-refractivity contribution is 7.97. The molecule has 0 spiro atoms. The van der Waals surface area contributed by atoms with E-state index in [1.165, 1.54) is 4.57 Å². The third-order valence-electron chi connectivity index (χ3n) is 6.39. The van der Waals surface area contributed by atoms with E-state index in [1.54, 1.807) is 26.1 Å². The summed E-state index contributed by atoms with van der Waals surface area (Å²) in [5.74, 6) is -0.400. The largest absolute Gasteiger partial charge is 0.510 e. The zero-order valence-corrected chi connectivity index (χ0v) is 24.2. The fourth-order valence-electron chi connectivity index (χ4n) is 4.65. The van der Waals surface area contributed by atoms with E-state index >= 15 is 0 Å². The minimum atomic E-state index is -4.78. The number of carbonyl (C=O) groups excluding carboxylic acids is 1. The summed E-state index contributed by atoms with van der Waals surface area (Å²) in [5, 5.41) is 25.2. The van der Waals surface area contributed by atoms with Gasteiger partial charge >= 0.3 is 13.8 Å². The molecule has 3 heterocycles. The number of hydrogen-bond acceptors (Lipinski definition) is 13. The lowest BCUT2D eigenvalue weighted by Gasteiger charge is -2.18. The highest BCUT2D eigenvalue weighted by atomic mass is 35.5. The fourth-order valence-corrected chi connectivity index (χ4v) is 8.52. The van der Waals surface area contributed by atoms with Crippen molar-refractivity contribution in [3.63, 3.8) is 0 Å². The molecule has 0 amide bonds. The lowest BCUT2D eigenvalue weighted by molar-refractivity contribution is -0.0288. The molecule has 2 aromatic heterocycles. The molecule has 15 nitrogen and oxygen atoms in total. The van der Waals surface area contributed by atoms with Gasteiger partial charge in [0.05, 0.1) is 17.2 Å². The van der Waals surface area contributed by atoms with E-state index < -0.39 is 72.3 Å². The van der Waals surface area contributed by atoms with Crippen LogP contribution in [0.2, 0.25) is 5.28 Å². The van der Waals surface area contributed by atoms with E-state index in [0.717, 1.165) is 25.7 Å². The molecule has 1 saturated heterocycles. The first-order chi connectivity index (χ1) is 18.7. The Labute approximate surface area is 235 Å². The maximum atomic E-state index is 12.7. The van der Waals surface area contributed by atoms with Crippen LogP contribution in [0.5, 0.6) is 0 Å². The lowest BCUT2D eigenvalue weighted by atomic mass is 10.1. The van der Waals surface area contributed by atoms with Crippen molar-refractivity contribution in [2.45, 2.75) is 76.2 Å². The van der Waals surface area contributed by atoms with Crippen LogP contribution in [0.1, 0.15) is 45.8 Å². The van der Waals surface area contributed by atoms with Gasteiger partial charge in [0.15, 0.2) is 21.6 Å². The van der Waals surface area contributed by atoms with Gasteiger partial charge in [-0.05, 0) is 44.4 Å². The normalized spacial score (nSPS) is 25.4. The van der Waals surface area contributed by atoms with Crippen molar-refractivity contribution in [1.29, 1.82) is 0 Å². The Balaban J connectivity index is 1.42. The summed E-state index contributed by atoms with van der Waals surface area (Å²) in [4.78, 5) is 29.8. The van der Waals surface area contributed by atoms with Gasteiger partial charge in [0, 0.05) is 12.2 Å². The second kappa shape index (κ2) is 12.4. The molecule has 40 heavy (non-hydrogen) atoms. The number of fused-ring (bicyclic) bond motifs is 1. The predicted octanol–water partition coefficient (Wildman–Crippen LogP) is 2.15. The van der Waals surface area contributed by atoms with Crippen LogP contribution in [-0.2, 0) is 33.1 Å². The first-order valence-electron chi connectivity index (χ1n) is 12.6. The summed E-state index contributed by atoms with van der Waals surface area (Å²) >= 11 is 6.16. The van der Waals surface area contributed by atoms with Gasteiger partial charge < -0.3 is 39.2 Å². The molecule has 0 bridgehead atoms. The number of nitrogens with zero attached hydrogens (tertiary/aromatic N) is 3. The fraction of sp³-hybridized carbons (Fsp3) is 0.682. The Morgan fingerprint density at radius 2 is 1.98 bits per heavy atom. The number of sulfone groups is 1. The van der Waals surface area contributed by atoms with E-state index in [-0.39, 0.29) is 11.3 Å². The quantitative estimate of drug-likeness (QED) is 0.122. The monoisotopic (exact) mass is 626 g/mol. The molecule has 1 aliphatic carbocycles. The van der Waals surface area contributed by atoms with E-state index in [2.05, 4.69) is 29.3 Å². The Hall–Kier alpha value is -2.04. The molecule has 4 rings (SSSR count). The van der Waals surface area contributed by atoms with Crippen LogP contribution in [0.4, 0.5) is 10.6 Å². The Bertz CT molecular complexity index is 1370. The molecule has 0 aromatic carbocycles. The van der Waals surface area contributed by atoms with E-state index in [1.807, 2.05) is 0 Å². The molecular weight excluding hydrogens is 595 g/mol. The van der Waals surface area contributed by atoms with Crippen molar-refractivity contribution in [2.75, 3.05) is 23.4 Å². The van der Waals surface area contributed by atoms with Crippen LogP contribution < -0.4 is 5.32 Å². The number of aliphatic hydroxyl groups is 2. The Kier molecular flexibility index (Phi) is 9.62. The predicted molar refractivity (Wildman–Crippen MR) is 141 cm³/mol. The van der Waals surface area contributed by atoms with Gasteiger partial charge in [0.1, 0.15) is 29.8 Å². The summed E-state index contributed by atoms with van der Waals surface area (Å²) in [6.07, 6.45) is -1.85. The summed E-state index contributed by atoms with van der Waals surface area (Å²) in [5.41, 5.74) is -1.05. The summed E-state index contributed by atoms with van der Waals surface area (Å²) in [7, 11) is -9.16. The second-order valence-electron chi connectivity index (χ2n) is 9.96. The molecule has 1 aliphatic heterocycles. The third-order valence-corrected chi connectivity index (χ3v) is 10.8. The number of rotatable bonds is 11. The van der Waals surface area contributed by atoms with E-state index in [4.69, 9.17) is 16.3 Å². The Morgan fingerprint density at radius 3 is 2.65 bits per heavy atom. The number of anilines is 1. The van der Waals surface area contributed by atoms with Gasteiger partial charge in [-0.2, -0.15) is 4.98 Å². The SMILES string of the molecule is CC(C)OC(=O)OCOP(=O)(O)CS(=O)(=O)C[C@H]1O[C@@H](n2ccc3c(NC4CCCC4)nc(Cl)nc32)[C@H](O)[C@@H]1O. The van der Waals surface area contributed by atoms with Crippen LogP contribution in [0.15, 0.2) is 12.3 Å². The minimum absolute atomic E-state index is 0.0553. The van der Waals surface area contributed by atoms with E-state index in [0.29, 0.717) is 16.9 Å². The topological polar surface area (TPSA) is 209 Å². The van der Waals surface area contributed by atoms with Crippen LogP contribution in [0, 0.1) is 0 Å². The van der Waals surface area contributed by atoms with Gasteiger partial charge in [-0.3, -0.25) is 9.09 Å².